The van der Waals surface area contributed by atoms with Crippen LogP contribution in [0, 0.1) is 11.6 Å². The maximum absolute atomic E-state index is 14.0. The number of likely N-dealkylation sites (N-methyl/N-ethyl adjacent to an activating group) is 1. The third kappa shape index (κ3) is 2.47. The highest BCUT2D eigenvalue weighted by atomic mass is 19.1. The summed E-state index contributed by atoms with van der Waals surface area (Å²) in [5.41, 5.74) is 5.97. The number of anilines is 1. The van der Waals surface area contributed by atoms with Gasteiger partial charge in [0.15, 0.2) is 0 Å². The van der Waals surface area contributed by atoms with E-state index in [1.807, 2.05) is 14.0 Å². The number of halogens is 2. The third-order valence-electron chi connectivity index (χ3n) is 3.43. The number of hydrogen-bond donors (Lipinski definition) is 1. The van der Waals surface area contributed by atoms with Crippen LogP contribution < -0.4 is 10.6 Å². The van der Waals surface area contributed by atoms with Gasteiger partial charge in [-0.3, -0.25) is 0 Å². The zero-order valence-electron chi connectivity index (χ0n) is 10.8. The molecular weight excluding hydrogens is 236 g/mol. The van der Waals surface area contributed by atoms with E-state index in [1.54, 1.807) is 4.90 Å². The smallest absolute Gasteiger partial charge is 0.149 e. The van der Waals surface area contributed by atoms with Crippen LogP contribution in [0.5, 0.6) is 0 Å². The first-order valence-corrected chi connectivity index (χ1v) is 6.16. The van der Waals surface area contributed by atoms with Crippen LogP contribution in [-0.2, 0) is 6.54 Å². The predicted octanol–water partition coefficient (Wildman–Crippen LogP) is 1.56. The average Bonchev–Trinajstić information content (AvgIpc) is 2.30. The number of hydrogen-bond acceptors (Lipinski definition) is 3. The molecule has 0 amide bonds. The largest absolute Gasteiger partial charge is 0.362 e. The van der Waals surface area contributed by atoms with Gasteiger partial charge in [-0.2, -0.15) is 0 Å². The Labute approximate surface area is 106 Å². The van der Waals surface area contributed by atoms with E-state index in [-0.39, 0.29) is 18.3 Å². The van der Waals surface area contributed by atoms with Crippen molar-refractivity contribution < 1.29 is 8.78 Å². The molecule has 2 N–H and O–H groups in total. The molecule has 0 radical (unpaired) electrons. The number of piperazine rings is 1. The van der Waals surface area contributed by atoms with Crippen molar-refractivity contribution >= 4 is 5.69 Å². The van der Waals surface area contributed by atoms with Gasteiger partial charge in [0, 0.05) is 32.2 Å². The summed E-state index contributed by atoms with van der Waals surface area (Å²) in [5, 5.41) is 0. The highest BCUT2D eigenvalue weighted by Gasteiger charge is 2.26. The molecule has 3 nitrogen and oxygen atoms in total. The topological polar surface area (TPSA) is 32.5 Å². The Hall–Kier alpha value is -1.20. The fourth-order valence-electron chi connectivity index (χ4n) is 2.48. The summed E-state index contributed by atoms with van der Waals surface area (Å²) in [4.78, 5) is 3.95. The van der Waals surface area contributed by atoms with E-state index in [2.05, 4.69) is 4.90 Å². The summed E-state index contributed by atoms with van der Waals surface area (Å²) in [6.45, 7) is 4.37. The molecule has 1 aromatic rings. The summed E-state index contributed by atoms with van der Waals surface area (Å²) in [5.74, 6) is -1.04. The van der Waals surface area contributed by atoms with Crippen molar-refractivity contribution in [3.05, 3.63) is 29.3 Å². The minimum absolute atomic E-state index is 0.0767. The Kier molecular flexibility index (Phi) is 3.82. The van der Waals surface area contributed by atoms with Gasteiger partial charge in [0.25, 0.3) is 0 Å². The van der Waals surface area contributed by atoms with E-state index < -0.39 is 11.6 Å². The van der Waals surface area contributed by atoms with Crippen LogP contribution in [0.4, 0.5) is 14.5 Å². The summed E-state index contributed by atoms with van der Waals surface area (Å²) in [6.07, 6.45) is 0. The van der Waals surface area contributed by atoms with Gasteiger partial charge in [-0.25, -0.2) is 8.78 Å². The summed E-state index contributed by atoms with van der Waals surface area (Å²) >= 11 is 0. The second-order valence-corrected chi connectivity index (χ2v) is 4.92. The highest BCUT2D eigenvalue weighted by Crippen LogP contribution is 2.28. The minimum atomic E-state index is -0.521. The summed E-state index contributed by atoms with van der Waals surface area (Å²) in [6, 6.07) is 2.74. The molecule has 5 heteroatoms. The van der Waals surface area contributed by atoms with Crippen molar-refractivity contribution in [2.24, 2.45) is 5.73 Å². The zero-order valence-corrected chi connectivity index (χ0v) is 10.8. The van der Waals surface area contributed by atoms with Crippen LogP contribution >= 0.6 is 0 Å². The lowest BCUT2D eigenvalue weighted by atomic mass is 10.1. The molecule has 1 atom stereocenters. The van der Waals surface area contributed by atoms with Crippen molar-refractivity contribution in [3.63, 3.8) is 0 Å². The number of nitrogens with two attached hydrogens (primary N) is 1. The number of rotatable bonds is 2. The van der Waals surface area contributed by atoms with Gasteiger partial charge in [-0.1, -0.05) is 0 Å². The van der Waals surface area contributed by atoms with Gasteiger partial charge >= 0.3 is 0 Å². The maximum Gasteiger partial charge on any atom is 0.149 e. The van der Waals surface area contributed by atoms with Gasteiger partial charge in [0.1, 0.15) is 17.3 Å². The molecule has 1 aromatic carbocycles. The second kappa shape index (κ2) is 5.20. The molecule has 1 fully saturated rings. The van der Waals surface area contributed by atoms with E-state index >= 15 is 0 Å². The van der Waals surface area contributed by atoms with Gasteiger partial charge in [0.05, 0.1) is 0 Å². The normalized spacial score (nSPS) is 21.4. The molecule has 18 heavy (non-hydrogen) atoms. The molecule has 1 aliphatic rings. The van der Waals surface area contributed by atoms with Gasteiger partial charge in [-0.15, -0.1) is 0 Å². The molecule has 1 aliphatic heterocycles. The fraction of sp³-hybridized carbons (Fsp3) is 0.538. The summed E-state index contributed by atoms with van der Waals surface area (Å²) in [7, 11) is 2.01. The molecule has 1 saturated heterocycles. The molecule has 100 valence electrons. The SMILES string of the molecule is CC1CN(C)CCN1c1c(F)cc(CN)cc1F. The van der Waals surface area contributed by atoms with Gasteiger partial charge in [-0.05, 0) is 31.7 Å². The molecule has 0 bridgehead atoms. The van der Waals surface area contributed by atoms with Crippen LogP contribution in [0.1, 0.15) is 12.5 Å². The molecule has 0 aromatic heterocycles. The lowest BCUT2D eigenvalue weighted by Gasteiger charge is -2.40. The first-order chi connectivity index (χ1) is 8.52. The highest BCUT2D eigenvalue weighted by molar-refractivity contribution is 5.52. The molecule has 0 saturated carbocycles. The predicted molar refractivity (Wildman–Crippen MR) is 68.6 cm³/mol. The third-order valence-corrected chi connectivity index (χ3v) is 3.43. The number of benzene rings is 1. The van der Waals surface area contributed by atoms with Crippen molar-refractivity contribution in [1.29, 1.82) is 0 Å². The van der Waals surface area contributed by atoms with Crippen LogP contribution in [0.25, 0.3) is 0 Å². The number of nitrogens with zero attached hydrogens (tertiary/aromatic N) is 2. The van der Waals surface area contributed by atoms with Crippen molar-refractivity contribution in [1.82, 2.24) is 4.90 Å². The van der Waals surface area contributed by atoms with E-state index in [1.165, 1.54) is 12.1 Å². The van der Waals surface area contributed by atoms with Gasteiger partial charge < -0.3 is 15.5 Å². The molecule has 0 spiro atoms. The molecular formula is C13H19F2N3. The molecule has 1 heterocycles. The lowest BCUT2D eigenvalue weighted by molar-refractivity contribution is 0.273. The van der Waals surface area contributed by atoms with E-state index in [0.717, 1.165) is 13.1 Å². The van der Waals surface area contributed by atoms with E-state index in [4.69, 9.17) is 5.73 Å². The van der Waals surface area contributed by atoms with Gasteiger partial charge in [0.2, 0.25) is 0 Å². The average molecular weight is 255 g/mol. The quantitative estimate of drug-likeness (QED) is 0.870. The van der Waals surface area contributed by atoms with Crippen molar-refractivity contribution in [2.45, 2.75) is 19.5 Å². The monoisotopic (exact) mass is 255 g/mol. The summed E-state index contributed by atoms with van der Waals surface area (Å²) < 4.78 is 28.0. The Balaban J connectivity index is 2.33. The Morgan fingerprint density at radius 3 is 2.39 bits per heavy atom. The second-order valence-electron chi connectivity index (χ2n) is 4.92. The molecule has 0 aliphatic carbocycles. The first-order valence-electron chi connectivity index (χ1n) is 6.16. The van der Waals surface area contributed by atoms with Crippen LogP contribution in [-0.4, -0.2) is 37.6 Å². The van der Waals surface area contributed by atoms with E-state index in [0.29, 0.717) is 12.1 Å². The van der Waals surface area contributed by atoms with Crippen LogP contribution in [0.2, 0.25) is 0 Å². The zero-order chi connectivity index (χ0) is 13.3. The van der Waals surface area contributed by atoms with Crippen LogP contribution in [0.3, 0.4) is 0 Å². The molecule has 2 rings (SSSR count). The molecule has 1 unspecified atom stereocenters. The maximum atomic E-state index is 14.0. The Morgan fingerprint density at radius 1 is 1.28 bits per heavy atom. The first kappa shape index (κ1) is 13.2. The van der Waals surface area contributed by atoms with Crippen molar-refractivity contribution in [2.75, 3.05) is 31.6 Å². The Morgan fingerprint density at radius 2 is 1.89 bits per heavy atom. The van der Waals surface area contributed by atoms with Crippen LogP contribution in [0.15, 0.2) is 12.1 Å². The standard InChI is InChI=1S/C13H19F2N3/c1-9-8-17(2)3-4-18(9)13-11(14)5-10(7-16)6-12(13)15/h5-6,9H,3-4,7-8,16H2,1-2H3. The Bertz CT molecular complexity index is 413. The lowest BCUT2D eigenvalue weighted by Crippen LogP contribution is -2.51. The minimum Gasteiger partial charge on any atom is -0.362 e. The fourth-order valence-corrected chi connectivity index (χ4v) is 2.48. The van der Waals surface area contributed by atoms with E-state index in [9.17, 15) is 8.78 Å². The van der Waals surface area contributed by atoms with Crippen molar-refractivity contribution in [3.8, 4) is 0 Å².